The number of hydrogen-bond donors (Lipinski definition) is 1. The lowest BCUT2D eigenvalue weighted by atomic mass is 9.96. The van der Waals surface area contributed by atoms with Crippen molar-refractivity contribution >= 4 is 5.82 Å². The van der Waals surface area contributed by atoms with E-state index in [0.29, 0.717) is 11.7 Å². The molecule has 1 aromatic carbocycles. The Balaban J connectivity index is 1.88. The molecule has 1 saturated heterocycles. The molecule has 3 rings (SSSR count). The molecule has 2 aromatic rings. The van der Waals surface area contributed by atoms with Crippen molar-refractivity contribution in [2.24, 2.45) is 7.05 Å². The molecule has 1 atom stereocenters. The Morgan fingerprint density at radius 2 is 2.11 bits per heavy atom. The van der Waals surface area contributed by atoms with E-state index in [2.05, 4.69) is 29.4 Å². The van der Waals surface area contributed by atoms with Gasteiger partial charge in [-0.15, -0.1) is 0 Å². The smallest absolute Gasteiger partial charge is 0.129 e. The Bertz CT molecular complexity index is 539. The number of anilines is 1. The maximum Gasteiger partial charge on any atom is 0.129 e. The van der Waals surface area contributed by atoms with Gasteiger partial charge >= 0.3 is 0 Å². The molecule has 4 nitrogen and oxygen atoms in total. The van der Waals surface area contributed by atoms with Crippen molar-refractivity contribution in [3.8, 4) is 11.1 Å². The highest BCUT2D eigenvalue weighted by Crippen LogP contribution is 2.29. The molecule has 2 N–H and O–H groups in total. The van der Waals surface area contributed by atoms with Gasteiger partial charge in [-0.25, -0.2) is 0 Å². The molecule has 2 heterocycles. The number of aromatic nitrogens is 2. The second-order valence-corrected chi connectivity index (χ2v) is 4.75. The molecular weight excluding hydrogens is 226 g/mol. The molecule has 0 amide bonds. The van der Waals surface area contributed by atoms with Crippen molar-refractivity contribution < 1.29 is 4.74 Å². The molecule has 1 aliphatic heterocycles. The number of rotatable bonds is 2. The third-order valence-electron chi connectivity index (χ3n) is 3.61. The summed E-state index contributed by atoms with van der Waals surface area (Å²) < 4.78 is 7.10. The number of aryl methyl sites for hydroxylation is 1. The fraction of sp³-hybridized carbons (Fsp3) is 0.357. The van der Waals surface area contributed by atoms with Crippen molar-refractivity contribution in [3.63, 3.8) is 0 Å². The molecule has 1 aliphatic rings. The Labute approximate surface area is 106 Å². The minimum atomic E-state index is 0.547. The maximum absolute atomic E-state index is 5.98. The Morgan fingerprint density at radius 3 is 2.67 bits per heavy atom. The molecule has 0 radical (unpaired) electrons. The van der Waals surface area contributed by atoms with E-state index in [0.717, 1.165) is 30.8 Å². The zero-order chi connectivity index (χ0) is 12.5. The summed E-state index contributed by atoms with van der Waals surface area (Å²) in [7, 11) is 1.85. The van der Waals surface area contributed by atoms with Crippen LogP contribution in [0.15, 0.2) is 30.5 Å². The van der Waals surface area contributed by atoms with Gasteiger partial charge in [0, 0.05) is 25.1 Å². The van der Waals surface area contributed by atoms with Gasteiger partial charge in [0.25, 0.3) is 0 Å². The van der Waals surface area contributed by atoms with Gasteiger partial charge < -0.3 is 10.5 Å². The van der Waals surface area contributed by atoms with E-state index in [-0.39, 0.29) is 0 Å². The monoisotopic (exact) mass is 243 g/mol. The van der Waals surface area contributed by atoms with Crippen LogP contribution in [0, 0.1) is 0 Å². The molecule has 0 spiro atoms. The first kappa shape index (κ1) is 11.3. The molecule has 0 bridgehead atoms. The second-order valence-electron chi connectivity index (χ2n) is 4.75. The highest BCUT2D eigenvalue weighted by Gasteiger charge is 2.17. The van der Waals surface area contributed by atoms with Gasteiger partial charge in [0.15, 0.2) is 0 Å². The van der Waals surface area contributed by atoms with E-state index in [1.165, 1.54) is 5.56 Å². The molecular formula is C14H17N3O. The van der Waals surface area contributed by atoms with Crippen molar-refractivity contribution in [3.05, 3.63) is 36.0 Å². The van der Waals surface area contributed by atoms with Crippen LogP contribution in [0.2, 0.25) is 0 Å². The van der Waals surface area contributed by atoms with Crippen molar-refractivity contribution in [2.45, 2.75) is 12.3 Å². The summed E-state index contributed by atoms with van der Waals surface area (Å²) in [6.07, 6.45) is 2.93. The fourth-order valence-electron chi connectivity index (χ4n) is 2.40. The molecule has 94 valence electrons. The Kier molecular flexibility index (Phi) is 2.80. The van der Waals surface area contributed by atoms with Crippen LogP contribution in [-0.2, 0) is 11.8 Å². The average molecular weight is 243 g/mol. The van der Waals surface area contributed by atoms with Crippen molar-refractivity contribution in [1.82, 2.24) is 9.78 Å². The van der Waals surface area contributed by atoms with Gasteiger partial charge in [0.05, 0.1) is 12.8 Å². The molecule has 1 unspecified atom stereocenters. The fourth-order valence-corrected chi connectivity index (χ4v) is 2.40. The maximum atomic E-state index is 5.98. The van der Waals surface area contributed by atoms with Crippen molar-refractivity contribution in [2.75, 3.05) is 18.9 Å². The van der Waals surface area contributed by atoms with E-state index < -0.39 is 0 Å². The molecule has 0 saturated carbocycles. The molecule has 4 heteroatoms. The standard InChI is InChI=1S/C14H17N3O/c1-17-14(15)13(8-16-17)11-4-2-10(3-5-11)12-6-7-18-9-12/h2-5,8,12H,6-7,9,15H2,1H3. The lowest BCUT2D eigenvalue weighted by Crippen LogP contribution is -1.99. The lowest BCUT2D eigenvalue weighted by molar-refractivity contribution is 0.194. The largest absolute Gasteiger partial charge is 0.383 e. The van der Waals surface area contributed by atoms with Crippen LogP contribution >= 0.6 is 0 Å². The third kappa shape index (κ3) is 1.88. The summed E-state index contributed by atoms with van der Waals surface area (Å²) in [6, 6.07) is 8.56. The van der Waals surface area contributed by atoms with E-state index in [4.69, 9.17) is 10.5 Å². The van der Waals surface area contributed by atoms with Crippen LogP contribution in [0.25, 0.3) is 11.1 Å². The zero-order valence-corrected chi connectivity index (χ0v) is 10.5. The minimum absolute atomic E-state index is 0.547. The summed E-state index contributed by atoms with van der Waals surface area (Å²) in [4.78, 5) is 0. The second kappa shape index (κ2) is 4.46. The Morgan fingerprint density at radius 1 is 1.33 bits per heavy atom. The summed E-state index contributed by atoms with van der Waals surface area (Å²) >= 11 is 0. The molecule has 1 fully saturated rings. The number of hydrogen-bond acceptors (Lipinski definition) is 3. The van der Waals surface area contributed by atoms with E-state index in [1.54, 1.807) is 4.68 Å². The van der Waals surface area contributed by atoms with Crippen LogP contribution in [-0.4, -0.2) is 23.0 Å². The van der Waals surface area contributed by atoms with Gasteiger partial charge in [0.1, 0.15) is 5.82 Å². The summed E-state index contributed by atoms with van der Waals surface area (Å²) in [5, 5.41) is 4.16. The first-order valence-corrected chi connectivity index (χ1v) is 6.21. The summed E-state index contributed by atoms with van der Waals surface area (Å²) in [5.41, 5.74) is 9.43. The van der Waals surface area contributed by atoms with Crippen LogP contribution in [0.5, 0.6) is 0 Å². The number of ether oxygens (including phenoxy) is 1. The van der Waals surface area contributed by atoms with Gasteiger partial charge in [-0.1, -0.05) is 24.3 Å². The molecule has 1 aromatic heterocycles. The van der Waals surface area contributed by atoms with Crippen LogP contribution in [0.1, 0.15) is 17.9 Å². The van der Waals surface area contributed by atoms with Gasteiger partial charge in [-0.2, -0.15) is 5.10 Å². The van der Waals surface area contributed by atoms with Crippen LogP contribution in [0.3, 0.4) is 0 Å². The predicted octanol–water partition coefficient (Wildman–Crippen LogP) is 2.17. The lowest BCUT2D eigenvalue weighted by Gasteiger charge is -2.08. The quantitative estimate of drug-likeness (QED) is 0.879. The minimum Gasteiger partial charge on any atom is -0.383 e. The number of nitrogen functional groups attached to an aromatic ring is 1. The van der Waals surface area contributed by atoms with Crippen molar-refractivity contribution in [1.29, 1.82) is 0 Å². The normalized spacial score (nSPS) is 19.3. The first-order valence-electron chi connectivity index (χ1n) is 6.21. The number of nitrogens with zero attached hydrogens (tertiary/aromatic N) is 2. The van der Waals surface area contributed by atoms with Crippen LogP contribution in [0.4, 0.5) is 5.82 Å². The molecule has 0 aliphatic carbocycles. The number of nitrogens with two attached hydrogens (primary N) is 1. The van der Waals surface area contributed by atoms with Crippen LogP contribution < -0.4 is 5.73 Å². The highest BCUT2D eigenvalue weighted by molar-refractivity contribution is 5.73. The molecule has 18 heavy (non-hydrogen) atoms. The first-order chi connectivity index (χ1) is 8.75. The SMILES string of the molecule is Cn1ncc(-c2ccc(C3CCOC3)cc2)c1N. The van der Waals surface area contributed by atoms with E-state index in [9.17, 15) is 0 Å². The topological polar surface area (TPSA) is 53.1 Å². The highest BCUT2D eigenvalue weighted by atomic mass is 16.5. The van der Waals surface area contributed by atoms with E-state index >= 15 is 0 Å². The summed E-state index contributed by atoms with van der Waals surface area (Å²) in [6.45, 7) is 1.72. The average Bonchev–Trinajstić information content (AvgIpc) is 3.02. The van der Waals surface area contributed by atoms with Gasteiger partial charge in [-0.3, -0.25) is 4.68 Å². The summed E-state index contributed by atoms with van der Waals surface area (Å²) in [5.74, 6) is 1.25. The number of benzene rings is 1. The van der Waals surface area contributed by atoms with E-state index in [1.807, 2.05) is 13.2 Å². The third-order valence-corrected chi connectivity index (χ3v) is 3.61. The predicted molar refractivity (Wildman–Crippen MR) is 71.2 cm³/mol. The van der Waals surface area contributed by atoms with Gasteiger partial charge in [0.2, 0.25) is 0 Å². The van der Waals surface area contributed by atoms with Gasteiger partial charge in [-0.05, 0) is 17.5 Å². The zero-order valence-electron chi connectivity index (χ0n) is 10.5. The Hall–Kier alpha value is -1.81.